The van der Waals surface area contributed by atoms with Crippen LogP contribution in [0.1, 0.15) is 0 Å². The predicted molar refractivity (Wildman–Crippen MR) is 53.1 cm³/mol. The molecule has 1 aromatic rings. The molecule has 5 heteroatoms. The lowest BCUT2D eigenvalue weighted by atomic mass is 10.3. The quantitative estimate of drug-likeness (QED) is 0.592. The van der Waals surface area contributed by atoms with Gasteiger partial charge in [0.15, 0.2) is 0 Å². The van der Waals surface area contributed by atoms with E-state index in [9.17, 15) is 4.57 Å². The second kappa shape index (κ2) is 4.42. The summed E-state index contributed by atoms with van der Waals surface area (Å²) in [7, 11) is -4.28. The highest BCUT2D eigenvalue weighted by Gasteiger charge is 2.27. The van der Waals surface area contributed by atoms with Crippen LogP contribution in [0.15, 0.2) is 43.0 Å². The molecule has 14 heavy (non-hydrogen) atoms. The van der Waals surface area contributed by atoms with Crippen LogP contribution in [0.2, 0.25) is 0 Å². The van der Waals surface area contributed by atoms with Crippen molar-refractivity contribution in [1.29, 1.82) is 0 Å². The molecular weight excluding hydrogens is 203 g/mol. The van der Waals surface area contributed by atoms with Crippen molar-refractivity contribution in [1.82, 2.24) is 0 Å². The maximum Gasteiger partial charge on any atom is 0.369 e. The van der Waals surface area contributed by atoms with E-state index in [4.69, 9.17) is 14.5 Å². The SMILES string of the molecule is C=CC(Oc1ccccc1)P(=O)(O)O. The third-order valence-corrected chi connectivity index (χ3v) is 2.51. The van der Waals surface area contributed by atoms with E-state index in [0.29, 0.717) is 5.75 Å². The molecule has 0 aliphatic rings. The first kappa shape index (κ1) is 11.0. The van der Waals surface area contributed by atoms with Gasteiger partial charge >= 0.3 is 7.60 Å². The van der Waals surface area contributed by atoms with Crippen LogP contribution in [0.25, 0.3) is 0 Å². The zero-order valence-electron chi connectivity index (χ0n) is 7.41. The van der Waals surface area contributed by atoms with Crippen LogP contribution in [-0.4, -0.2) is 15.6 Å². The minimum atomic E-state index is -4.28. The van der Waals surface area contributed by atoms with Crippen molar-refractivity contribution in [3.63, 3.8) is 0 Å². The Balaban J connectivity index is 2.77. The molecule has 0 saturated heterocycles. The molecule has 1 atom stereocenters. The van der Waals surface area contributed by atoms with Crippen molar-refractivity contribution in [3.8, 4) is 5.75 Å². The first-order valence-electron chi connectivity index (χ1n) is 3.93. The Labute approximate surface area is 82.0 Å². The number of ether oxygens (including phenoxy) is 1. The number of benzene rings is 1. The largest absolute Gasteiger partial charge is 0.474 e. The molecule has 0 spiro atoms. The molecule has 1 unspecified atom stereocenters. The Morgan fingerprint density at radius 1 is 1.36 bits per heavy atom. The Bertz CT molecular complexity index is 343. The highest BCUT2D eigenvalue weighted by Crippen LogP contribution is 2.42. The standard InChI is InChI=1S/C9H11O4P/c1-2-9(14(10,11)12)13-8-6-4-3-5-7-8/h2-7,9H,1H2,(H2,10,11,12). The van der Waals surface area contributed by atoms with E-state index in [-0.39, 0.29) is 0 Å². The zero-order valence-corrected chi connectivity index (χ0v) is 8.30. The molecule has 0 aliphatic carbocycles. The van der Waals surface area contributed by atoms with Gasteiger partial charge in [0.2, 0.25) is 5.85 Å². The number of rotatable bonds is 4. The van der Waals surface area contributed by atoms with Crippen LogP contribution in [0.3, 0.4) is 0 Å². The third kappa shape index (κ3) is 3.00. The molecule has 1 rings (SSSR count). The van der Waals surface area contributed by atoms with Crippen LogP contribution < -0.4 is 4.74 Å². The third-order valence-electron chi connectivity index (χ3n) is 1.53. The van der Waals surface area contributed by atoms with Crippen LogP contribution >= 0.6 is 7.60 Å². The Morgan fingerprint density at radius 3 is 2.36 bits per heavy atom. The summed E-state index contributed by atoms with van der Waals surface area (Å²) < 4.78 is 15.9. The molecular formula is C9H11O4P. The molecule has 1 aromatic carbocycles. The highest BCUT2D eigenvalue weighted by molar-refractivity contribution is 7.52. The monoisotopic (exact) mass is 214 g/mol. The molecule has 0 bridgehead atoms. The van der Waals surface area contributed by atoms with Gasteiger partial charge in [-0.15, -0.1) is 0 Å². The van der Waals surface area contributed by atoms with Gasteiger partial charge in [-0.1, -0.05) is 24.8 Å². The van der Waals surface area contributed by atoms with Gasteiger partial charge in [-0.05, 0) is 18.2 Å². The minimum absolute atomic E-state index is 0.403. The molecule has 0 aliphatic heterocycles. The maximum absolute atomic E-state index is 10.9. The van der Waals surface area contributed by atoms with Crippen molar-refractivity contribution in [2.45, 2.75) is 5.85 Å². The maximum atomic E-state index is 10.9. The molecule has 4 nitrogen and oxygen atoms in total. The fraction of sp³-hybridized carbons (Fsp3) is 0.111. The summed E-state index contributed by atoms with van der Waals surface area (Å²) >= 11 is 0. The van der Waals surface area contributed by atoms with E-state index in [1.54, 1.807) is 30.3 Å². The zero-order chi connectivity index (χ0) is 10.6. The molecule has 2 N–H and O–H groups in total. The fourth-order valence-electron chi connectivity index (χ4n) is 0.893. The summed E-state index contributed by atoms with van der Waals surface area (Å²) in [6.07, 6.45) is 1.09. The van der Waals surface area contributed by atoms with E-state index in [1.807, 2.05) is 0 Å². The van der Waals surface area contributed by atoms with Crippen molar-refractivity contribution < 1.29 is 19.1 Å². The summed E-state index contributed by atoms with van der Waals surface area (Å²) in [4.78, 5) is 17.7. The Kier molecular flexibility index (Phi) is 3.47. The normalized spacial score (nSPS) is 13.3. The Morgan fingerprint density at radius 2 is 1.93 bits per heavy atom. The molecule has 0 saturated carbocycles. The lowest BCUT2D eigenvalue weighted by Gasteiger charge is -2.16. The van der Waals surface area contributed by atoms with E-state index in [0.717, 1.165) is 6.08 Å². The molecule has 0 radical (unpaired) electrons. The molecule has 76 valence electrons. The topological polar surface area (TPSA) is 66.8 Å². The average molecular weight is 214 g/mol. The van der Waals surface area contributed by atoms with Crippen LogP contribution in [0.4, 0.5) is 0 Å². The van der Waals surface area contributed by atoms with Gasteiger partial charge in [-0.2, -0.15) is 0 Å². The highest BCUT2D eigenvalue weighted by atomic mass is 31.2. The van der Waals surface area contributed by atoms with E-state index in [1.165, 1.54) is 0 Å². The minimum Gasteiger partial charge on any atom is -0.474 e. The molecule has 0 fully saturated rings. The molecule has 0 aromatic heterocycles. The van der Waals surface area contributed by atoms with Crippen molar-refractivity contribution in [3.05, 3.63) is 43.0 Å². The number of hydrogen-bond donors (Lipinski definition) is 2. The lowest BCUT2D eigenvalue weighted by Crippen LogP contribution is -2.13. The molecule has 0 heterocycles. The first-order chi connectivity index (χ1) is 6.54. The summed E-state index contributed by atoms with van der Waals surface area (Å²) in [6.45, 7) is 3.31. The predicted octanol–water partition coefficient (Wildman–Crippen LogP) is 1.76. The van der Waals surface area contributed by atoms with Gasteiger partial charge in [0.05, 0.1) is 0 Å². The summed E-state index contributed by atoms with van der Waals surface area (Å²) in [5, 5.41) is 0. The van der Waals surface area contributed by atoms with Gasteiger partial charge in [-0.3, -0.25) is 4.57 Å². The van der Waals surface area contributed by atoms with Gasteiger partial charge in [0.25, 0.3) is 0 Å². The van der Waals surface area contributed by atoms with E-state index in [2.05, 4.69) is 6.58 Å². The van der Waals surface area contributed by atoms with Crippen LogP contribution in [-0.2, 0) is 4.57 Å². The van der Waals surface area contributed by atoms with Gasteiger partial charge in [0.1, 0.15) is 5.75 Å². The van der Waals surface area contributed by atoms with Gasteiger partial charge in [-0.25, -0.2) is 0 Å². The smallest absolute Gasteiger partial charge is 0.369 e. The second-order valence-electron chi connectivity index (χ2n) is 2.65. The van der Waals surface area contributed by atoms with Crippen molar-refractivity contribution in [2.24, 2.45) is 0 Å². The van der Waals surface area contributed by atoms with Gasteiger partial charge < -0.3 is 14.5 Å². The first-order valence-corrected chi connectivity index (χ1v) is 5.61. The number of hydrogen-bond acceptors (Lipinski definition) is 2. The average Bonchev–Trinajstić information content (AvgIpc) is 2.14. The summed E-state index contributed by atoms with van der Waals surface area (Å²) in [5.74, 6) is -0.884. The van der Waals surface area contributed by atoms with Crippen LogP contribution in [0, 0.1) is 0 Å². The number of para-hydroxylation sites is 1. The van der Waals surface area contributed by atoms with E-state index >= 15 is 0 Å². The lowest BCUT2D eigenvalue weighted by molar-refractivity contribution is 0.257. The molecule has 0 amide bonds. The van der Waals surface area contributed by atoms with Crippen molar-refractivity contribution >= 4 is 7.60 Å². The summed E-state index contributed by atoms with van der Waals surface area (Å²) in [6, 6.07) is 8.45. The van der Waals surface area contributed by atoms with Crippen LogP contribution in [0.5, 0.6) is 5.75 Å². The summed E-state index contributed by atoms with van der Waals surface area (Å²) in [5.41, 5.74) is 0. The second-order valence-corrected chi connectivity index (χ2v) is 4.33. The van der Waals surface area contributed by atoms with Gasteiger partial charge in [0, 0.05) is 0 Å². The fourth-order valence-corrected chi connectivity index (χ4v) is 1.43. The van der Waals surface area contributed by atoms with Crippen molar-refractivity contribution in [2.75, 3.05) is 0 Å². The van der Waals surface area contributed by atoms with E-state index < -0.39 is 13.4 Å². The Hall–Kier alpha value is -1.09.